The molecule has 1 rings (SSSR count). The number of carboxylic acids is 1. The fourth-order valence-corrected chi connectivity index (χ4v) is 1.10. The van der Waals surface area contributed by atoms with Crippen LogP contribution in [0.1, 0.15) is 28.8 Å². The molecule has 1 aromatic rings. The van der Waals surface area contributed by atoms with Gasteiger partial charge in [-0.25, -0.2) is 0 Å². The van der Waals surface area contributed by atoms with Crippen LogP contribution < -0.4 is 0 Å². The molecule has 0 heterocycles. The quantitative estimate of drug-likeness (QED) is 0.734. The molecular formula is C11H10O3. The second-order valence-corrected chi connectivity index (χ2v) is 2.98. The lowest BCUT2D eigenvalue weighted by atomic mass is 10.0. The molecule has 0 aromatic heterocycles. The van der Waals surface area contributed by atoms with Gasteiger partial charge in [0, 0.05) is 6.42 Å². The molecule has 0 saturated heterocycles. The number of hydrogen-bond donors (Lipinski definition) is 1. The molecule has 0 radical (unpaired) electrons. The first-order valence-corrected chi connectivity index (χ1v) is 4.25. The zero-order chi connectivity index (χ0) is 10.6. The second kappa shape index (κ2) is 4.43. The fourth-order valence-electron chi connectivity index (χ4n) is 1.10. The number of hydrogen-bond acceptors (Lipinski definition) is 2. The van der Waals surface area contributed by atoms with Crippen LogP contribution in [-0.4, -0.2) is 16.9 Å². The van der Waals surface area contributed by atoms with Crippen LogP contribution in [0.25, 0.3) is 0 Å². The maximum Gasteiger partial charge on any atom is 0.303 e. The minimum atomic E-state index is -0.962. The first-order valence-electron chi connectivity index (χ1n) is 4.25. The average molecular weight is 190 g/mol. The summed E-state index contributed by atoms with van der Waals surface area (Å²) in [6.45, 7) is 1.79. The molecule has 0 atom stereocenters. The number of rotatable bonds is 4. The summed E-state index contributed by atoms with van der Waals surface area (Å²) in [6, 6.07) is 8.79. The lowest BCUT2D eigenvalue weighted by Crippen LogP contribution is -2.04. The normalized spacial score (nSPS) is 9.21. The van der Waals surface area contributed by atoms with Crippen molar-refractivity contribution in [2.24, 2.45) is 0 Å². The number of aliphatic carboxylic acids is 1. The van der Waals surface area contributed by atoms with Crippen molar-refractivity contribution in [1.29, 1.82) is 0 Å². The predicted octanol–water partition coefficient (Wildman–Crippen LogP) is 1.64. The highest BCUT2D eigenvalue weighted by Gasteiger charge is 2.09. The summed E-state index contributed by atoms with van der Waals surface area (Å²) < 4.78 is 0. The Balaban J connectivity index is 2.70. The van der Waals surface area contributed by atoms with Crippen molar-refractivity contribution < 1.29 is 14.7 Å². The molecule has 0 amide bonds. The highest BCUT2D eigenvalue weighted by atomic mass is 16.4. The van der Waals surface area contributed by atoms with E-state index in [0.29, 0.717) is 5.56 Å². The largest absolute Gasteiger partial charge is 0.481 e. The van der Waals surface area contributed by atoms with E-state index >= 15 is 0 Å². The molecular weight excluding hydrogens is 180 g/mol. The molecule has 3 nitrogen and oxygen atoms in total. The van der Waals surface area contributed by atoms with Crippen molar-refractivity contribution in [3.63, 3.8) is 0 Å². The molecule has 72 valence electrons. The van der Waals surface area contributed by atoms with Crippen LogP contribution in [0.2, 0.25) is 0 Å². The maximum absolute atomic E-state index is 11.5. The molecule has 0 spiro atoms. The summed E-state index contributed by atoms with van der Waals surface area (Å²) in [5.41, 5.74) is 1.24. The standard InChI is InChI=1S/C11H10O3/c1-8-4-2-3-5-9(8)10(12)6-7-11(13)14/h2,4H,6-7H2,1H3,(H,13,14). The van der Waals surface area contributed by atoms with Gasteiger partial charge in [-0.15, -0.1) is 0 Å². The Morgan fingerprint density at radius 2 is 2.14 bits per heavy atom. The number of Topliss-reactive ketones (excluding diaryl/α,β-unsaturated/α-hetero) is 1. The predicted molar refractivity (Wildman–Crippen MR) is 50.1 cm³/mol. The van der Waals surface area contributed by atoms with E-state index < -0.39 is 5.97 Å². The van der Waals surface area contributed by atoms with E-state index in [4.69, 9.17) is 5.11 Å². The van der Waals surface area contributed by atoms with Gasteiger partial charge in [-0.2, -0.15) is 0 Å². The SMILES string of the molecule is Cc1ccc#cc1C(=O)CCC(=O)O. The summed E-state index contributed by atoms with van der Waals surface area (Å²) in [7, 11) is 0. The van der Waals surface area contributed by atoms with E-state index in [-0.39, 0.29) is 18.6 Å². The van der Waals surface area contributed by atoms with E-state index in [0.717, 1.165) is 5.56 Å². The first-order chi connectivity index (χ1) is 6.61. The van der Waals surface area contributed by atoms with Crippen LogP contribution >= 0.6 is 0 Å². The van der Waals surface area contributed by atoms with Crippen LogP contribution in [0.3, 0.4) is 0 Å². The molecule has 0 aliphatic carbocycles. The number of carbonyl (C=O) groups is 2. The molecule has 1 N–H and O–H groups in total. The van der Waals surface area contributed by atoms with Gasteiger partial charge < -0.3 is 5.11 Å². The minimum absolute atomic E-state index is 0.0184. The van der Waals surface area contributed by atoms with E-state index in [2.05, 4.69) is 12.1 Å². The van der Waals surface area contributed by atoms with Crippen molar-refractivity contribution >= 4 is 11.8 Å². The summed E-state index contributed by atoms with van der Waals surface area (Å²) in [4.78, 5) is 21.7. The summed E-state index contributed by atoms with van der Waals surface area (Å²) in [5.74, 6) is -1.15. The Bertz CT molecular complexity index is 355. The van der Waals surface area contributed by atoms with Gasteiger partial charge >= 0.3 is 5.97 Å². The third-order valence-corrected chi connectivity index (χ3v) is 1.85. The summed E-state index contributed by atoms with van der Waals surface area (Å²) in [6.07, 6.45) is -0.120. The van der Waals surface area contributed by atoms with Gasteiger partial charge in [0.05, 0.1) is 12.0 Å². The van der Waals surface area contributed by atoms with Gasteiger partial charge in [-0.3, -0.25) is 9.59 Å². The molecule has 0 aliphatic heterocycles. The number of carboxylic acid groups (broad SMARTS) is 1. The Kier molecular flexibility index (Phi) is 3.24. The monoisotopic (exact) mass is 190 g/mol. The highest BCUT2D eigenvalue weighted by molar-refractivity contribution is 5.98. The fraction of sp³-hybridized carbons (Fsp3) is 0.273. The van der Waals surface area contributed by atoms with Gasteiger partial charge in [0.15, 0.2) is 5.78 Å². The van der Waals surface area contributed by atoms with Gasteiger partial charge in [0.2, 0.25) is 0 Å². The average Bonchev–Trinajstić information content (AvgIpc) is 2.15. The zero-order valence-corrected chi connectivity index (χ0v) is 7.83. The molecule has 1 aromatic carbocycles. The van der Waals surface area contributed by atoms with E-state index in [9.17, 15) is 9.59 Å². The van der Waals surface area contributed by atoms with E-state index in [1.54, 1.807) is 19.1 Å². The van der Waals surface area contributed by atoms with Crippen molar-refractivity contribution in [3.8, 4) is 0 Å². The van der Waals surface area contributed by atoms with Gasteiger partial charge in [-0.05, 0) is 24.6 Å². The van der Waals surface area contributed by atoms with Crippen molar-refractivity contribution in [2.45, 2.75) is 19.8 Å². The Labute approximate surface area is 82.4 Å². The van der Waals surface area contributed by atoms with Crippen molar-refractivity contribution in [1.82, 2.24) is 0 Å². The first kappa shape index (κ1) is 10.3. The molecule has 0 bridgehead atoms. The van der Waals surface area contributed by atoms with Crippen molar-refractivity contribution in [3.05, 3.63) is 35.4 Å². The number of aryl methyl sites for hydroxylation is 1. The Hall–Kier alpha value is -1.82. The number of ketones is 1. The minimum Gasteiger partial charge on any atom is -0.481 e. The summed E-state index contributed by atoms with van der Waals surface area (Å²) in [5, 5.41) is 8.41. The van der Waals surface area contributed by atoms with E-state index in [1.165, 1.54) is 0 Å². The molecule has 3 heteroatoms. The van der Waals surface area contributed by atoms with Crippen LogP contribution in [0.4, 0.5) is 0 Å². The highest BCUT2D eigenvalue weighted by Crippen LogP contribution is 2.07. The third-order valence-electron chi connectivity index (χ3n) is 1.85. The summed E-state index contributed by atoms with van der Waals surface area (Å²) >= 11 is 0. The maximum atomic E-state index is 11.5. The number of carbonyl (C=O) groups excluding carboxylic acids is 1. The molecule has 14 heavy (non-hydrogen) atoms. The van der Waals surface area contributed by atoms with Crippen LogP contribution in [0.5, 0.6) is 0 Å². The van der Waals surface area contributed by atoms with Gasteiger partial charge in [-0.1, -0.05) is 12.1 Å². The smallest absolute Gasteiger partial charge is 0.303 e. The van der Waals surface area contributed by atoms with Crippen LogP contribution in [0.15, 0.2) is 12.1 Å². The van der Waals surface area contributed by atoms with Crippen LogP contribution in [0, 0.1) is 19.1 Å². The second-order valence-electron chi connectivity index (χ2n) is 2.98. The van der Waals surface area contributed by atoms with Crippen molar-refractivity contribution in [2.75, 3.05) is 0 Å². The lowest BCUT2D eigenvalue weighted by molar-refractivity contribution is -0.136. The zero-order valence-electron chi connectivity index (χ0n) is 7.83. The molecule has 0 aliphatic rings. The molecule has 0 saturated carbocycles. The lowest BCUT2D eigenvalue weighted by Gasteiger charge is -1.99. The van der Waals surface area contributed by atoms with Gasteiger partial charge in [0.25, 0.3) is 0 Å². The van der Waals surface area contributed by atoms with E-state index in [1.807, 2.05) is 0 Å². The molecule has 0 fully saturated rings. The third kappa shape index (κ3) is 2.60. The topological polar surface area (TPSA) is 54.4 Å². The Morgan fingerprint density at radius 1 is 1.43 bits per heavy atom. The Morgan fingerprint density at radius 3 is 2.71 bits per heavy atom. The van der Waals surface area contributed by atoms with Gasteiger partial charge in [0.1, 0.15) is 0 Å². The molecule has 0 unspecified atom stereocenters. The van der Waals surface area contributed by atoms with Crippen LogP contribution in [-0.2, 0) is 4.79 Å².